The predicted octanol–water partition coefficient (Wildman–Crippen LogP) is 0.992. The summed E-state index contributed by atoms with van der Waals surface area (Å²) in [5.41, 5.74) is -0.182. The zero-order valence-corrected chi connectivity index (χ0v) is 11.7. The minimum Gasteiger partial charge on any atom is -0.393 e. The molecule has 1 aliphatic carbocycles. The van der Waals surface area contributed by atoms with Gasteiger partial charge < -0.3 is 10.4 Å². The van der Waals surface area contributed by atoms with E-state index in [0.717, 1.165) is 19.4 Å². The summed E-state index contributed by atoms with van der Waals surface area (Å²) in [6.45, 7) is 8.77. The summed E-state index contributed by atoms with van der Waals surface area (Å²) in [5, 5.41) is 12.2. The van der Waals surface area contributed by atoms with Gasteiger partial charge in [0.2, 0.25) is 5.91 Å². The second kappa shape index (κ2) is 5.36. The van der Waals surface area contributed by atoms with Crippen molar-refractivity contribution in [2.75, 3.05) is 13.6 Å². The summed E-state index contributed by atoms with van der Waals surface area (Å²) in [5.74, 6) is 0.611. The third-order valence-corrected chi connectivity index (χ3v) is 3.30. The summed E-state index contributed by atoms with van der Waals surface area (Å²) in [4.78, 5) is 14.0. The van der Waals surface area contributed by atoms with Crippen LogP contribution in [0.2, 0.25) is 0 Å². The number of amides is 1. The molecule has 100 valence electrons. The number of hydrogen-bond donors (Lipinski definition) is 2. The Labute approximate surface area is 104 Å². The van der Waals surface area contributed by atoms with Gasteiger partial charge in [-0.1, -0.05) is 0 Å². The Morgan fingerprint density at radius 1 is 1.47 bits per heavy atom. The number of carbonyl (C=O) groups is 1. The third-order valence-electron chi connectivity index (χ3n) is 3.30. The van der Waals surface area contributed by atoms with Crippen LogP contribution >= 0.6 is 0 Å². The van der Waals surface area contributed by atoms with Crippen LogP contribution < -0.4 is 5.32 Å². The van der Waals surface area contributed by atoms with Gasteiger partial charge >= 0.3 is 0 Å². The number of aliphatic hydroxyl groups is 1. The lowest BCUT2D eigenvalue weighted by atomic mass is 9.82. The van der Waals surface area contributed by atoms with Crippen LogP contribution in [-0.4, -0.2) is 47.2 Å². The minimum atomic E-state index is -0.182. The average molecular weight is 242 g/mol. The van der Waals surface area contributed by atoms with Crippen molar-refractivity contribution < 1.29 is 9.90 Å². The molecular weight excluding hydrogens is 216 g/mol. The second-order valence-corrected chi connectivity index (χ2v) is 6.35. The Morgan fingerprint density at radius 3 is 2.41 bits per heavy atom. The van der Waals surface area contributed by atoms with Gasteiger partial charge in [0.25, 0.3) is 0 Å². The molecule has 4 heteroatoms. The van der Waals surface area contributed by atoms with Gasteiger partial charge in [0.05, 0.1) is 12.1 Å². The highest BCUT2D eigenvalue weighted by Gasteiger charge is 2.30. The summed E-state index contributed by atoms with van der Waals surface area (Å²) < 4.78 is 0. The molecule has 17 heavy (non-hydrogen) atoms. The third kappa shape index (κ3) is 4.64. The topological polar surface area (TPSA) is 52.6 Å². The van der Waals surface area contributed by atoms with Gasteiger partial charge in [-0.3, -0.25) is 9.69 Å². The number of hydrogen-bond acceptors (Lipinski definition) is 3. The zero-order valence-electron chi connectivity index (χ0n) is 11.7. The molecule has 0 saturated heterocycles. The molecule has 0 radical (unpaired) electrons. The van der Waals surface area contributed by atoms with Crippen molar-refractivity contribution in [1.29, 1.82) is 0 Å². The fraction of sp³-hybridized carbons (Fsp3) is 0.923. The Hall–Kier alpha value is -0.610. The van der Waals surface area contributed by atoms with Gasteiger partial charge in [0.1, 0.15) is 0 Å². The van der Waals surface area contributed by atoms with Crippen LogP contribution in [0.15, 0.2) is 0 Å². The van der Waals surface area contributed by atoms with Gasteiger partial charge in [0.15, 0.2) is 0 Å². The van der Waals surface area contributed by atoms with Crippen molar-refractivity contribution in [1.82, 2.24) is 10.2 Å². The molecule has 1 rings (SSSR count). The largest absolute Gasteiger partial charge is 0.393 e. The van der Waals surface area contributed by atoms with E-state index in [9.17, 15) is 9.90 Å². The lowest BCUT2D eigenvalue weighted by Crippen LogP contribution is -2.51. The van der Waals surface area contributed by atoms with Crippen LogP contribution in [0.1, 0.15) is 40.5 Å². The van der Waals surface area contributed by atoms with Crippen LogP contribution in [0, 0.1) is 5.92 Å². The SMILES string of the molecule is CC(C(=O)NC(C)(C)C)N(C)CC1CC(O)C1. The number of likely N-dealkylation sites (N-methyl/N-ethyl adjacent to an activating group) is 1. The Bertz CT molecular complexity index is 267. The first-order valence-corrected chi connectivity index (χ1v) is 6.39. The molecule has 0 aromatic rings. The second-order valence-electron chi connectivity index (χ2n) is 6.35. The van der Waals surface area contributed by atoms with E-state index in [1.54, 1.807) is 0 Å². The maximum Gasteiger partial charge on any atom is 0.237 e. The van der Waals surface area contributed by atoms with Crippen LogP contribution in [-0.2, 0) is 4.79 Å². The van der Waals surface area contributed by atoms with Crippen molar-refractivity contribution in [3.05, 3.63) is 0 Å². The van der Waals surface area contributed by atoms with Gasteiger partial charge in [-0.15, -0.1) is 0 Å². The lowest BCUT2D eigenvalue weighted by molar-refractivity contribution is -0.127. The average Bonchev–Trinajstić information content (AvgIpc) is 2.11. The predicted molar refractivity (Wildman–Crippen MR) is 68.7 cm³/mol. The van der Waals surface area contributed by atoms with Crippen molar-refractivity contribution in [3.63, 3.8) is 0 Å². The van der Waals surface area contributed by atoms with Gasteiger partial charge in [-0.25, -0.2) is 0 Å². The molecule has 1 unspecified atom stereocenters. The van der Waals surface area contributed by atoms with E-state index in [4.69, 9.17) is 0 Å². The van der Waals surface area contributed by atoms with Crippen LogP contribution in [0.5, 0.6) is 0 Å². The fourth-order valence-electron chi connectivity index (χ4n) is 2.09. The smallest absolute Gasteiger partial charge is 0.237 e. The summed E-state index contributed by atoms with van der Waals surface area (Å²) in [7, 11) is 1.97. The number of aliphatic hydroxyl groups excluding tert-OH is 1. The first kappa shape index (κ1) is 14.5. The molecule has 0 aromatic heterocycles. The van der Waals surface area contributed by atoms with Gasteiger partial charge in [-0.2, -0.15) is 0 Å². The summed E-state index contributed by atoms with van der Waals surface area (Å²) in [6, 6.07) is -0.119. The minimum absolute atomic E-state index is 0.0693. The summed E-state index contributed by atoms with van der Waals surface area (Å²) in [6.07, 6.45) is 1.63. The molecule has 0 bridgehead atoms. The standard InChI is InChI=1S/C13H26N2O2/c1-9(12(17)14-13(2,3)4)15(5)8-10-6-11(16)7-10/h9-11,16H,6-8H2,1-5H3,(H,14,17). The van der Waals surface area contributed by atoms with Crippen LogP contribution in [0.4, 0.5) is 0 Å². The lowest BCUT2D eigenvalue weighted by Gasteiger charge is -2.36. The van der Waals surface area contributed by atoms with E-state index >= 15 is 0 Å². The molecule has 0 spiro atoms. The molecule has 4 nitrogen and oxygen atoms in total. The maximum absolute atomic E-state index is 12.0. The highest BCUT2D eigenvalue weighted by atomic mass is 16.3. The van der Waals surface area contributed by atoms with E-state index < -0.39 is 0 Å². The molecule has 1 atom stereocenters. The summed E-state index contributed by atoms with van der Waals surface area (Å²) >= 11 is 0. The molecule has 0 aromatic carbocycles. The number of nitrogens with one attached hydrogen (secondary N) is 1. The van der Waals surface area contributed by atoms with E-state index in [1.807, 2.05) is 34.7 Å². The van der Waals surface area contributed by atoms with Crippen molar-refractivity contribution in [2.24, 2.45) is 5.92 Å². The number of rotatable bonds is 4. The Kier molecular flexibility index (Phi) is 4.55. The van der Waals surface area contributed by atoms with E-state index in [-0.39, 0.29) is 23.6 Å². The van der Waals surface area contributed by atoms with Crippen LogP contribution in [0.3, 0.4) is 0 Å². The molecule has 1 fully saturated rings. The van der Waals surface area contributed by atoms with Gasteiger partial charge in [0, 0.05) is 12.1 Å². The molecule has 0 heterocycles. The number of carbonyl (C=O) groups excluding carboxylic acids is 1. The highest BCUT2D eigenvalue weighted by Crippen LogP contribution is 2.27. The maximum atomic E-state index is 12.0. The molecule has 2 N–H and O–H groups in total. The number of nitrogens with zero attached hydrogens (tertiary/aromatic N) is 1. The Balaban J connectivity index is 2.35. The molecule has 1 aliphatic rings. The Morgan fingerprint density at radius 2 is 2.00 bits per heavy atom. The first-order chi connectivity index (χ1) is 7.69. The quantitative estimate of drug-likeness (QED) is 0.773. The van der Waals surface area contributed by atoms with Gasteiger partial charge in [-0.05, 0) is 53.5 Å². The molecule has 1 amide bonds. The zero-order chi connectivity index (χ0) is 13.2. The van der Waals surface area contributed by atoms with Crippen molar-refractivity contribution >= 4 is 5.91 Å². The van der Waals surface area contributed by atoms with Crippen molar-refractivity contribution in [2.45, 2.75) is 58.2 Å². The van der Waals surface area contributed by atoms with E-state index in [2.05, 4.69) is 10.2 Å². The molecular formula is C13H26N2O2. The normalized spacial score (nSPS) is 26.5. The molecule has 0 aliphatic heterocycles. The van der Waals surface area contributed by atoms with E-state index in [0.29, 0.717) is 5.92 Å². The van der Waals surface area contributed by atoms with E-state index in [1.165, 1.54) is 0 Å². The molecule has 1 saturated carbocycles. The monoisotopic (exact) mass is 242 g/mol. The van der Waals surface area contributed by atoms with Crippen molar-refractivity contribution in [3.8, 4) is 0 Å². The first-order valence-electron chi connectivity index (χ1n) is 6.39. The van der Waals surface area contributed by atoms with Crippen LogP contribution in [0.25, 0.3) is 0 Å². The fourth-order valence-corrected chi connectivity index (χ4v) is 2.09. The highest BCUT2D eigenvalue weighted by molar-refractivity contribution is 5.81.